The first-order chi connectivity index (χ1) is 38.0. The number of phosphoric ester groups is 1. The Bertz CT molecular complexity index is 1460. The lowest BCUT2D eigenvalue weighted by Crippen LogP contribution is -2.37. The topological polar surface area (TPSA) is 111 Å². The van der Waals surface area contributed by atoms with Crippen LogP contribution in [0.25, 0.3) is 0 Å². The second-order valence-corrected chi connectivity index (χ2v) is 25.2. The fraction of sp³-hybridized carbons (Fsp3) is 0.853. The Hall–Kier alpha value is -2.03. The zero-order valence-corrected chi connectivity index (χ0v) is 53.0. The molecule has 78 heavy (non-hydrogen) atoms. The van der Waals surface area contributed by atoms with Crippen molar-refractivity contribution >= 4 is 19.8 Å². The van der Waals surface area contributed by atoms with Crippen molar-refractivity contribution in [2.75, 3.05) is 47.5 Å². The first-order valence-corrected chi connectivity index (χ1v) is 34.8. The van der Waals surface area contributed by atoms with E-state index in [1.165, 1.54) is 231 Å². The van der Waals surface area contributed by atoms with Gasteiger partial charge >= 0.3 is 11.9 Å². The number of esters is 2. The lowest BCUT2D eigenvalue weighted by atomic mass is 10.0. The van der Waals surface area contributed by atoms with Crippen molar-refractivity contribution in [2.45, 2.75) is 328 Å². The molecule has 0 rings (SSSR count). The maximum atomic E-state index is 12.8. The number of carbonyl (C=O) groups is 2. The molecule has 0 amide bonds. The standard InChI is InChI=1S/C68H128NO8P/c1-6-8-10-12-14-16-18-20-22-24-26-28-30-32-33-34-35-37-38-40-42-44-46-48-50-52-54-56-58-60-67(70)74-64-66(65-76-78(72,73)75-63-62-69(3,4)5)77-68(71)61-59-57-55-53-51-49-47-45-43-41-39-36-31-29-27-25-23-21-19-17-15-13-11-9-7-2/h19,21,24-27,31,36,66H,6-18,20,22-23,28-30,32-35,37-65H2,1-5H3/b21-19-,26-24-,27-25-,36-31-. The van der Waals surface area contributed by atoms with E-state index < -0.39 is 26.5 Å². The van der Waals surface area contributed by atoms with E-state index in [0.717, 1.165) is 57.8 Å². The first kappa shape index (κ1) is 76.0. The van der Waals surface area contributed by atoms with Gasteiger partial charge in [-0.1, -0.05) is 281 Å². The molecule has 458 valence electrons. The molecule has 2 atom stereocenters. The summed E-state index contributed by atoms with van der Waals surface area (Å²) in [5.74, 6) is -0.824. The molecule has 0 aliphatic carbocycles. The van der Waals surface area contributed by atoms with E-state index in [4.69, 9.17) is 18.5 Å². The number of ether oxygens (including phenoxy) is 2. The Kier molecular flexibility index (Phi) is 58.0. The van der Waals surface area contributed by atoms with Crippen LogP contribution in [0.4, 0.5) is 0 Å². The van der Waals surface area contributed by atoms with Crippen LogP contribution in [0.1, 0.15) is 322 Å². The minimum atomic E-state index is -4.64. The van der Waals surface area contributed by atoms with Crippen molar-refractivity contribution in [1.29, 1.82) is 0 Å². The van der Waals surface area contributed by atoms with Crippen LogP contribution < -0.4 is 4.89 Å². The molecule has 0 aliphatic rings. The average molecular weight is 1120 g/mol. The van der Waals surface area contributed by atoms with Crippen molar-refractivity contribution in [3.63, 3.8) is 0 Å². The summed E-state index contributed by atoms with van der Waals surface area (Å²) in [5.41, 5.74) is 0. The zero-order chi connectivity index (χ0) is 57.0. The molecule has 0 N–H and O–H groups in total. The number of quaternary nitrogens is 1. The summed E-state index contributed by atoms with van der Waals surface area (Å²) in [6.45, 7) is 4.27. The van der Waals surface area contributed by atoms with Crippen LogP contribution >= 0.6 is 7.82 Å². The summed E-state index contributed by atoms with van der Waals surface area (Å²) >= 11 is 0. The van der Waals surface area contributed by atoms with E-state index >= 15 is 0 Å². The molecule has 10 heteroatoms. The highest BCUT2D eigenvalue weighted by atomic mass is 31.2. The van der Waals surface area contributed by atoms with Crippen LogP contribution in [0.15, 0.2) is 48.6 Å². The number of carbonyl (C=O) groups excluding carboxylic acids is 2. The van der Waals surface area contributed by atoms with Crippen LogP contribution in [0.2, 0.25) is 0 Å². The number of unbranched alkanes of at least 4 members (excludes halogenated alkanes) is 40. The Morgan fingerprint density at radius 1 is 0.397 bits per heavy atom. The third-order valence-corrected chi connectivity index (χ3v) is 15.8. The molecule has 0 fully saturated rings. The summed E-state index contributed by atoms with van der Waals surface area (Å²) in [6, 6.07) is 0. The lowest BCUT2D eigenvalue weighted by molar-refractivity contribution is -0.870. The number of allylic oxidation sites excluding steroid dienone is 8. The predicted molar refractivity (Wildman–Crippen MR) is 333 cm³/mol. The van der Waals surface area contributed by atoms with Gasteiger partial charge in [-0.2, -0.15) is 0 Å². The minimum Gasteiger partial charge on any atom is -0.756 e. The average Bonchev–Trinajstić information content (AvgIpc) is 3.40. The Balaban J connectivity index is 4.06. The van der Waals surface area contributed by atoms with Gasteiger partial charge in [0, 0.05) is 12.8 Å². The summed E-state index contributed by atoms with van der Waals surface area (Å²) in [4.78, 5) is 38.0. The van der Waals surface area contributed by atoms with Gasteiger partial charge in [0.05, 0.1) is 27.7 Å². The van der Waals surface area contributed by atoms with E-state index in [1.54, 1.807) is 0 Å². The van der Waals surface area contributed by atoms with Gasteiger partial charge in [0.15, 0.2) is 6.10 Å². The summed E-state index contributed by atoms with van der Waals surface area (Å²) in [6.07, 6.45) is 76.1. The maximum Gasteiger partial charge on any atom is 0.306 e. The quantitative estimate of drug-likeness (QED) is 0.0195. The third-order valence-electron chi connectivity index (χ3n) is 14.8. The van der Waals surface area contributed by atoms with Gasteiger partial charge < -0.3 is 27.9 Å². The van der Waals surface area contributed by atoms with Gasteiger partial charge in [-0.05, 0) is 77.0 Å². The SMILES string of the molecule is CCCCCCC/C=C\C/C=C\C/C=C\CCCCCCCCCCCCC(=O)OC(COC(=O)CCCCCCCCCCCCCCCCCCC/C=C\CCCCCCCCCC)COP(=O)([O-])OCC[N+](C)(C)C. The largest absolute Gasteiger partial charge is 0.756 e. The molecule has 0 radical (unpaired) electrons. The number of rotatable bonds is 62. The van der Waals surface area contributed by atoms with Crippen LogP contribution in [-0.4, -0.2) is 70.0 Å². The second kappa shape index (κ2) is 59.6. The smallest absolute Gasteiger partial charge is 0.306 e. The molecular formula is C68H128NO8P. The highest BCUT2D eigenvalue weighted by Gasteiger charge is 2.22. The molecule has 0 bridgehead atoms. The highest BCUT2D eigenvalue weighted by Crippen LogP contribution is 2.38. The normalized spacial score (nSPS) is 13.5. The van der Waals surface area contributed by atoms with Crippen molar-refractivity contribution in [1.82, 2.24) is 0 Å². The van der Waals surface area contributed by atoms with Crippen molar-refractivity contribution in [2.24, 2.45) is 0 Å². The van der Waals surface area contributed by atoms with Crippen LogP contribution in [0.5, 0.6) is 0 Å². The predicted octanol–water partition coefficient (Wildman–Crippen LogP) is 20.6. The molecule has 0 saturated heterocycles. The zero-order valence-electron chi connectivity index (χ0n) is 52.1. The molecule has 0 spiro atoms. The van der Waals surface area contributed by atoms with Crippen LogP contribution in [0, 0.1) is 0 Å². The number of phosphoric acid groups is 1. The molecular weight excluding hydrogens is 990 g/mol. The van der Waals surface area contributed by atoms with E-state index in [2.05, 4.69) is 62.5 Å². The van der Waals surface area contributed by atoms with Gasteiger partial charge in [0.25, 0.3) is 7.82 Å². The summed E-state index contributed by atoms with van der Waals surface area (Å²) in [7, 11) is 1.17. The number of likely N-dealkylation sites (N-methyl/N-ethyl adjacent to an activating group) is 1. The molecule has 0 heterocycles. The summed E-state index contributed by atoms with van der Waals surface area (Å²) < 4.78 is 34.3. The Morgan fingerprint density at radius 2 is 0.692 bits per heavy atom. The van der Waals surface area contributed by atoms with Gasteiger partial charge in [0.1, 0.15) is 19.8 Å². The summed E-state index contributed by atoms with van der Waals surface area (Å²) in [5, 5.41) is 0. The Labute approximate surface area is 484 Å². The Morgan fingerprint density at radius 3 is 1.04 bits per heavy atom. The van der Waals surface area contributed by atoms with Crippen molar-refractivity contribution in [3.05, 3.63) is 48.6 Å². The molecule has 0 aliphatic heterocycles. The van der Waals surface area contributed by atoms with Gasteiger partial charge in [-0.15, -0.1) is 0 Å². The highest BCUT2D eigenvalue weighted by molar-refractivity contribution is 7.45. The second-order valence-electron chi connectivity index (χ2n) is 23.8. The molecule has 0 aromatic carbocycles. The fourth-order valence-electron chi connectivity index (χ4n) is 9.66. The van der Waals surface area contributed by atoms with E-state index in [-0.39, 0.29) is 32.0 Å². The molecule has 9 nitrogen and oxygen atoms in total. The van der Waals surface area contributed by atoms with Gasteiger partial charge in [-0.25, -0.2) is 0 Å². The van der Waals surface area contributed by atoms with Crippen molar-refractivity contribution < 1.29 is 42.1 Å². The van der Waals surface area contributed by atoms with E-state index in [0.29, 0.717) is 17.4 Å². The van der Waals surface area contributed by atoms with Gasteiger partial charge in [-0.3, -0.25) is 14.2 Å². The van der Waals surface area contributed by atoms with Crippen molar-refractivity contribution in [3.8, 4) is 0 Å². The van der Waals surface area contributed by atoms with E-state index in [1.807, 2.05) is 21.1 Å². The monoisotopic (exact) mass is 1120 g/mol. The third kappa shape index (κ3) is 63.2. The minimum absolute atomic E-state index is 0.0311. The molecule has 0 aromatic rings. The van der Waals surface area contributed by atoms with Crippen LogP contribution in [-0.2, 0) is 32.7 Å². The van der Waals surface area contributed by atoms with Crippen LogP contribution in [0.3, 0.4) is 0 Å². The molecule has 2 unspecified atom stereocenters. The number of hydrogen-bond acceptors (Lipinski definition) is 8. The number of nitrogens with zero attached hydrogens (tertiary/aromatic N) is 1. The van der Waals surface area contributed by atoms with Gasteiger partial charge in [0.2, 0.25) is 0 Å². The first-order valence-electron chi connectivity index (χ1n) is 33.3. The van der Waals surface area contributed by atoms with E-state index in [9.17, 15) is 19.0 Å². The molecule has 0 aromatic heterocycles. The maximum absolute atomic E-state index is 12.8. The number of hydrogen-bond donors (Lipinski definition) is 0. The lowest BCUT2D eigenvalue weighted by Gasteiger charge is -2.28. The fourth-order valence-corrected chi connectivity index (χ4v) is 10.4. The molecule has 0 saturated carbocycles.